The van der Waals surface area contributed by atoms with Gasteiger partial charge in [0, 0.05) is 0 Å². The molecule has 0 aliphatic carbocycles. The van der Waals surface area contributed by atoms with Gasteiger partial charge in [0.25, 0.3) is 0 Å². The van der Waals surface area contributed by atoms with Crippen molar-refractivity contribution in [1.29, 1.82) is 0 Å². The minimum atomic E-state index is 0.958. The highest BCUT2D eigenvalue weighted by Gasteiger charge is 2.04. The van der Waals surface area contributed by atoms with E-state index in [2.05, 4.69) is 15.5 Å². The third-order valence-electron chi connectivity index (χ3n) is 3.12. The van der Waals surface area contributed by atoms with E-state index >= 15 is 0 Å². The van der Waals surface area contributed by atoms with E-state index in [0.29, 0.717) is 0 Å². The van der Waals surface area contributed by atoms with Crippen LogP contribution in [0.5, 0.6) is 0 Å². The topological polar surface area (TPSA) is 47.7 Å². The van der Waals surface area contributed by atoms with Gasteiger partial charge in [-0.3, -0.25) is 0 Å². The summed E-state index contributed by atoms with van der Waals surface area (Å²) in [6, 6.07) is 16.0. The molecule has 5 heteroatoms. The Bertz CT molecular complexity index is 786. The molecule has 0 aliphatic heterocycles. The van der Waals surface area contributed by atoms with Crippen molar-refractivity contribution in [3.05, 3.63) is 61.2 Å². The number of nitrogens with zero attached hydrogens (tertiary/aromatic N) is 4. The summed E-state index contributed by atoms with van der Waals surface area (Å²) >= 11 is 0. The highest BCUT2D eigenvalue weighted by molar-refractivity contribution is 5.77. The van der Waals surface area contributed by atoms with Gasteiger partial charge in [-0.1, -0.05) is 24.3 Å². The second kappa shape index (κ2) is 3.84. The van der Waals surface area contributed by atoms with Crippen LogP contribution in [0.15, 0.2) is 61.2 Å². The molecule has 0 unspecified atom stereocenters. The number of nitrogens with one attached hydrogen (secondary N) is 1. The number of imidazole rings is 2. The Morgan fingerprint density at radius 2 is 1.16 bits per heavy atom. The Morgan fingerprint density at radius 3 is 1.68 bits per heavy atom. The van der Waals surface area contributed by atoms with Gasteiger partial charge in [-0.2, -0.15) is 0 Å². The predicted octanol–water partition coefficient (Wildman–Crippen LogP) is 2.39. The number of rotatable bonds is 2. The molecule has 0 radical (unpaired) electrons. The number of benzene rings is 2. The van der Waals surface area contributed by atoms with Crippen molar-refractivity contribution in [3.8, 4) is 0 Å². The summed E-state index contributed by atoms with van der Waals surface area (Å²) < 4.78 is 3.76. The van der Waals surface area contributed by atoms with Gasteiger partial charge in [-0.15, -0.1) is 0 Å². The van der Waals surface area contributed by atoms with Crippen molar-refractivity contribution in [1.82, 2.24) is 19.3 Å². The summed E-state index contributed by atoms with van der Waals surface area (Å²) in [6.07, 6.45) is 3.53. The van der Waals surface area contributed by atoms with Crippen LogP contribution in [-0.2, 0) is 0 Å². The molecule has 92 valence electrons. The van der Waals surface area contributed by atoms with Crippen molar-refractivity contribution < 1.29 is 0 Å². The Morgan fingerprint density at radius 1 is 0.684 bits per heavy atom. The average Bonchev–Trinajstić information content (AvgIpc) is 3.05. The van der Waals surface area contributed by atoms with Gasteiger partial charge < -0.3 is 0 Å². The first-order chi connectivity index (χ1) is 9.42. The van der Waals surface area contributed by atoms with Gasteiger partial charge in [-0.05, 0) is 24.3 Å². The molecule has 0 atom stereocenters. The van der Waals surface area contributed by atoms with E-state index in [1.807, 2.05) is 57.9 Å². The molecule has 4 rings (SSSR count). The quantitative estimate of drug-likeness (QED) is 0.593. The summed E-state index contributed by atoms with van der Waals surface area (Å²) in [6.45, 7) is 0. The zero-order valence-electron chi connectivity index (χ0n) is 10.1. The minimum Gasteiger partial charge on any atom is -0.235 e. The normalized spacial score (nSPS) is 11.2. The summed E-state index contributed by atoms with van der Waals surface area (Å²) in [5, 5.41) is 0. The molecule has 0 bridgehead atoms. The third kappa shape index (κ3) is 1.55. The van der Waals surface area contributed by atoms with Crippen LogP contribution >= 0.6 is 0 Å². The van der Waals surface area contributed by atoms with E-state index in [1.165, 1.54) is 0 Å². The molecule has 0 spiro atoms. The van der Waals surface area contributed by atoms with Crippen LogP contribution in [0, 0.1) is 0 Å². The van der Waals surface area contributed by atoms with Crippen LogP contribution in [0.4, 0.5) is 0 Å². The number of hydrogen-bond donors (Lipinski definition) is 1. The largest absolute Gasteiger partial charge is 0.235 e. The lowest BCUT2D eigenvalue weighted by atomic mass is 10.3. The van der Waals surface area contributed by atoms with Crippen molar-refractivity contribution in [2.24, 2.45) is 0 Å². The molecule has 2 aromatic carbocycles. The average molecular weight is 249 g/mol. The van der Waals surface area contributed by atoms with E-state index in [0.717, 1.165) is 22.1 Å². The van der Waals surface area contributed by atoms with Gasteiger partial charge in [0.2, 0.25) is 0 Å². The van der Waals surface area contributed by atoms with E-state index in [-0.39, 0.29) is 0 Å². The second-order valence-corrected chi connectivity index (χ2v) is 4.31. The summed E-state index contributed by atoms with van der Waals surface area (Å²) in [5.74, 6) is 0. The standard InChI is InChI=1S/C14H11N5/c1-3-7-13-11(5-1)15-9-18(13)17-19-10-16-12-6-2-4-8-14(12)19/h1-10,17H. The fourth-order valence-electron chi connectivity index (χ4n) is 2.19. The molecule has 2 aromatic heterocycles. The van der Waals surface area contributed by atoms with Crippen LogP contribution in [0.25, 0.3) is 22.1 Å². The lowest BCUT2D eigenvalue weighted by Crippen LogP contribution is -2.19. The van der Waals surface area contributed by atoms with Gasteiger partial charge in [0.1, 0.15) is 12.7 Å². The molecule has 4 aromatic rings. The fraction of sp³-hybridized carbons (Fsp3) is 0. The number of para-hydroxylation sites is 4. The first-order valence-electron chi connectivity index (χ1n) is 6.03. The number of hydrogen-bond acceptors (Lipinski definition) is 3. The predicted molar refractivity (Wildman–Crippen MR) is 74.2 cm³/mol. The maximum atomic E-state index is 4.35. The fourth-order valence-corrected chi connectivity index (χ4v) is 2.19. The SMILES string of the molecule is c1ccc2c(c1)ncn2Nn1cnc2ccccc21. The van der Waals surface area contributed by atoms with E-state index in [1.54, 1.807) is 12.7 Å². The number of aromatic nitrogens is 4. The molecular formula is C14H11N5. The highest BCUT2D eigenvalue weighted by Crippen LogP contribution is 2.13. The molecule has 2 heterocycles. The number of fused-ring (bicyclic) bond motifs is 2. The maximum Gasteiger partial charge on any atom is 0.117 e. The third-order valence-corrected chi connectivity index (χ3v) is 3.12. The molecule has 0 aliphatic rings. The van der Waals surface area contributed by atoms with Crippen LogP contribution in [0.3, 0.4) is 0 Å². The monoisotopic (exact) mass is 249 g/mol. The van der Waals surface area contributed by atoms with Crippen molar-refractivity contribution in [2.45, 2.75) is 0 Å². The lowest BCUT2D eigenvalue weighted by molar-refractivity contribution is 0.781. The van der Waals surface area contributed by atoms with Gasteiger partial charge in [0.05, 0.1) is 22.1 Å². The summed E-state index contributed by atoms with van der Waals surface area (Å²) in [7, 11) is 0. The lowest BCUT2D eigenvalue weighted by Gasteiger charge is -2.09. The Kier molecular flexibility index (Phi) is 2.05. The van der Waals surface area contributed by atoms with Crippen LogP contribution in [-0.4, -0.2) is 19.3 Å². The summed E-state index contributed by atoms with van der Waals surface area (Å²) in [4.78, 5) is 8.69. The van der Waals surface area contributed by atoms with E-state index in [4.69, 9.17) is 0 Å². The first kappa shape index (κ1) is 10.1. The van der Waals surface area contributed by atoms with Crippen molar-refractivity contribution in [3.63, 3.8) is 0 Å². The van der Waals surface area contributed by atoms with E-state index < -0.39 is 0 Å². The Labute approximate surface area is 109 Å². The molecule has 5 nitrogen and oxygen atoms in total. The molecule has 0 fully saturated rings. The zero-order valence-corrected chi connectivity index (χ0v) is 10.1. The first-order valence-corrected chi connectivity index (χ1v) is 6.03. The molecule has 1 N–H and O–H groups in total. The van der Waals surface area contributed by atoms with Gasteiger partial charge in [0.15, 0.2) is 0 Å². The molecule has 0 saturated carbocycles. The molecule has 0 saturated heterocycles. The molecule has 19 heavy (non-hydrogen) atoms. The minimum absolute atomic E-state index is 0.958. The van der Waals surface area contributed by atoms with Crippen molar-refractivity contribution >= 4 is 22.1 Å². The smallest absolute Gasteiger partial charge is 0.117 e. The van der Waals surface area contributed by atoms with Crippen LogP contribution < -0.4 is 5.53 Å². The van der Waals surface area contributed by atoms with Gasteiger partial charge >= 0.3 is 0 Å². The maximum absolute atomic E-state index is 4.35. The van der Waals surface area contributed by atoms with Crippen molar-refractivity contribution in [2.75, 3.05) is 5.53 Å². The second-order valence-electron chi connectivity index (χ2n) is 4.31. The Balaban J connectivity index is 1.82. The molecular weight excluding hydrogens is 238 g/mol. The summed E-state index contributed by atoms with van der Waals surface area (Å²) in [5.41, 5.74) is 7.23. The molecule has 0 amide bonds. The van der Waals surface area contributed by atoms with Crippen LogP contribution in [0.1, 0.15) is 0 Å². The Hall–Kier alpha value is -2.82. The zero-order chi connectivity index (χ0) is 12.7. The van der Waals surface area contributed by atoms with Gasteiger partial charge in [-0.25, -0.2) is 24.9 Å². The van der Waals surface area contributed by atoms with Crippen LogP contribution in [0.2, 0.25) is 0 Å². The van der Waals surface area contributed by atoms with E-state index in [9.17, 15) is 0 Å². The highest BCUT2D eigenvalue weighted by atomic mass is 15.7.